The third-order valence-corrected chi connectivity index (χ3v) is 2.84. The van der Waals surface area contributed by atoms with Crippen molar-refractivity contribution in [2.24, 2.45) is 5.73 Å². The van der Waals surface area contributed by atoms with E-state index in [4.69, 9.17) is 10.8 Å². The molecule has 0 spiro atoms. The highest BCUT2D eigenvalue weighted by Crippen LogP contribution is 2.10. The second-order valence-electron chi connectivity index (χ2n) is 2.97. The first-order chi connectivity index (χ1) is 6.47. The largest absolute Gasteiger partial charge is 0.480 e. The molecule has 5 nitrogen and oxygen atoms in total. The van der Waals surface area contributed by atoms with Crippen molar-refractivity contribution < 1.29 is 14.7 Å². The number of amides is 1. The van der Waals surface area contributed by atoms with Crippen molar-refractivity contribution >= 4 is 23.6 Å². The zero-order valence-corrected chi connectivity index (χ0v) is 9.13. The van der Waals surface area contributed by atoms with Crippen LogP contribution in [0.15, 0.2) is 0 Å². The lowest BCUT2D eigenvalue weighted by Gasteiger charge is -2.15. The van der Waals surface area contributed by atoms with E-state index in [1.54, 1.807) is 0 Å². The summed E-state index contributed by atoms with van der Waals surface area (Å²) in [5.41, 5.74) is 5.38. The molecule has 1 amide bonds. The number of nitrogens with two attached hydrogens (primary N) is 1. The van der Waals surface area contributed by atoms with Crippen molar-refractivity contribution in [1.29, 1.82) is 0 Å². The summed E-state index contributed by atoms with van der Waals surface area (Å²) >= 11 is 1.43. The van der Waals surface area contributed by atoms with Gasteiger partial charge in [-0.2, -0.15) is 11.8 Å². The second-order valence-corrected chi connectivity index (χ2v) is 4.44. The van der Waals surface area contributed by atoms with Crippen molar-refractivity contribution in [1.82, 2.24) is 5.32 Å². The second kappa shape index (κ2) is 6.67. The Hall–Kier alpha value is -0.750. The minimum absolute atomic E-state index is 0.200. The first kappa shape index (κ1) is 13.2. The zero-order chi connectivity index (χ0) is 11.1. The van der Waals surface area contributed by atoms with Gasteiger partial charge in [0, 0.05) is 24.5 Å². The number of rotatable bonds is 6. The quantitative estimate of drug-likeness (QED) is 0.569. The Morgan fingerprint density at radius 2 is 2.14 bits per heavy atom. The average molecular weight is 220 g/mol. The van der Waals surface area contributed by atoms with Crippen molar-refractivity contribution in [3.05, 3.63) is 0 Å². The van der Waals surface area contributed by atoms with Gasteiger partial charge in [-0.25, -0.2) is 4.79 Å². The Balaban J connectivity index is 3.97. The van der Waals surface area contributed by atoms with Gasteiger partial charge in [0.1, 0.15) is 6.04 Å². The van der Waals surface area contributed by atoms with E-state index in [0.29, 0.717) is 12.3 Å². The van der Waals surface area contributed by atoms with E-state index < -0.39 is 12.0 Å². The lowest BCUT2D eigenvalue weighted by Crippen LogP contribution is -2.42. The van der Waals surface area contributed by atoms with Crippen molar-refractivity contribution in [3.8, 4) is 0 Å². The van der Waals surface area contributed by atoms with E-state index in [2.05, 4.69) is 5.32 Å². The molecule has 0 radical (unpaired) electrons. The summed E-state index contributed by atoms with van der Waals surface area (Å²) in [4.78, 5) is 21.3. The van der Waals surface area contributed by atoms with Crippen LogP contribution in [0.2, 0.25) is 0 Å². The summed E-state index contributed by atoms with van der Waals surface area (Å²) in [5.74, 6) is -1.01. The van der Waals surface area contributed by atoms with Gasteiger partial charge < -0.3 is 16.2 Å². The molecule has 6 heteroatoms. The molecule has 0 bridgehead atoms. The zero-order valence-electron chi connectivity index (χ0n) is 8.32. The van der Waals surface area contributed by atoms with Gasteiger partial charge in [-0.15, -0.1) is 0 Å². The summed E-state index contributed by atoms with van der Waals surface area (Å²) in [6.07, 6.45) is 0. The summed E-state index contributed by atoms with van der Waals surface area (Å²) in [5, 5.41) is 11.3. The first-order valence-electron chi connectivity index (χ1n) is 4.29. The van der Waals surface area contributed by atoms with Gasteiger partial charge in [-0.05, 0) is 0 Å². The fraction of sp³-hybridized carbons (Fsp3) is 0.750. The number of carboxylic acid groups (broad SMARTS) is 1. The highest BCUT2D eigenvalue weighted by Gasteiger charge is 2.18. The highest BCUT2D eigenvalue weighted by atomic mass is 32.2. The van der Waals surface area contributed by atoms with Gasteiger partial charge in [-0.1, -0.05) is 6.92 Å². The van der Waals surface area contributed by atoms with Crippen molar-refractivity contribution in [2.75, 3.05) is 12.3 Å². The van der Waals surface area contributed by atoms with Crippen molar-refractivity contribution in [3.63, 3.8) is 0 Å². The van der Waals surface area contributed by atoms with Gasteiger partial charge in [0.2, 0.25) is 5.91 Å². The Bertz CT molecular complexity index is 211. The predicted octanol–water partition coefficient (Wildman–Crippen LogP) is -0.344. The van der Waals surface area contributed by atoms with Crippen LogP contribution in [-0.2, 0) is 9.59 Å². The average Bonchev–Trinajstić information content (AvgIpc) is 2.10. The van der Waals surface area contributed by atoms with Crippen LogP contribution >= 0.6 is 11.8 Å². The maximum atomic E-state index is 10.7. The van der Waals surface area contributed by atoms with Crippen LogP contribution in [0, 0.1) is 0 Å². The summed E-state index contributed by atoms with van der Waals surface area (Å²) < 4.78 is 0. The molecule has 82 valence electrons. The Morgan fingerprint density at radius 3 is 2.50 bits per heavy atom. The fourth-order valence-electron chi connectivity index (χ4n) is 0.749. The summed E-state index contributed by atoms with van der Waals surface area (Å²) in [6.45, 7) is 3.71. The van der Waals surface area contributed by atoms with E-state index in [1.807, 2.05) is 6.92 Å². The van der Waals surface area contributed by atoms with E-state index >= 15 is 0 Å². The van der Waals surface area contributed by atoms with E-state index in [9.17, 15) is 9.59 Å². The van der Waals surface area contributed by atoms with Crippen molar-refractivity contribution in [2.45, 2.75) is 25.1 Å². The molecule has 0 saturated carbocycles. The molecular weight excluding hydrogens is 204 g/mol. The van der Waals surface area contributed by atoms with Gasteiger partial charge >= 0.3 is 5.97 Å². The van der Waals surface area contributed by atoms with Crippen LogP contribution in [0.4, 0.5) is 0 Å². The summed E-state index contributed by atoms with van der Waals surface area (Å²) in [7, 11) is 0. The molecule has 2 atom stereocenters. The van der Waals surface area contributed by atoms with Gasteiger partial charge in [0.15, 0.2) is 0 Å². The van der Waals surface area contributed by atoms with Crippen LogP contribution in [0.1, 0.15) is 13.8 Å². The molecule has 0 aromatic heterocycles. The van der Waals surface area contributed by atoms with E-state index in [-0.39, 0.29) is 11.2 Å². The molecule has 0 aromatic carbocycles. The molecule has 0 saturated heterocycles. The Morgan fingerprint density at radius 1 is 1.57 bits per heavy atom. The van der Waals surface area contributed by atoms with E-state index in [0.717, 1.165) is 0 Å². The molecular formula is C8H16N2O3S. The third kappa shape index (κ3) is 5.82. The lowest BCUT2D eigenvalue weighted by molar-refractivity contribution is -0.140. The lowest BCUT2D eigenvalue weighted by atomic mass is 10.3. The molecule has 0 aliphatic carbocycles. The molecule has 0 aliphatic rings. The predicted molar refractivity (Wildman–Crippen MR) is 56.2 cm³/mol. The molecule has 2 unspecified atom stereocenters. The standard InChI is InChI=1S/C8H16N2O3S/c1-5(3-9)14-4-7(8(12)13)10-6(2)11/h5,7H,3-4,9H2,1-2H3,(H,10,11)(H,12,13). The molecule has 0 aromatic rings. The number of aliphatic carboxylic acids is 1. The smallest absolute Gasteiger partial charge is 0.327 e. The third-order valence-electron chi connectivity index (χ3n) is 1.55. The highest BCUT2D eigenvalue weighted by molar-refractivity contribution is 8.00. The van der Waals surface area contributed by atoms with Crippen LogP contribution in [0.5, 0.6) is 0 Å². The Kier molecular flexibility index (Phi) is 6.31. The number of carbonyl (C=O) groups excluding carboxylic acids is 1. The van der Waals surface area contributed by atoms with Gasteiger partial charge in [-0.3, -0.25) is 4.79 Å². The molecule has 0 aliphatic heterocycles. The Labute approximate surface area is 87.4 Å². The van der Waals surface area contributed by atoms with Crippen LogP contribution in [0.25, 0.3) is 0 Å². The first-order valence-corrected chi connectivity index (χ1v) is 5.33. The van der Waals surface area contributed by atoms with E-state index in [1.165, 1.54) is 18.7 Å². The normalized spacial score (nSPS) is 14.5. The monoisotopic (exact) mass is 220 g/mol. The number of carbonyl (C=O) groups is 2. The minimum Gasteiger partial charge on any atom is -0.480 e. The maximum absolute atomic E-state index is 10.7. The van der Waals surface area contributed by atoms with Gasteiger partial charge in [0.05, 0.1) is 0 Å². The van der Waals surface area contributed by atoms with Crippen LogP contribution in [-0.4, -0.2) is 40.6 Å². The molecule has 0 heterocycles. The molecule has 14 heavy (non-hydrogen) atoms. The maximum Gasteiger partial charge on any atom is 0.327 e. The van der Waals surface area contributed by atoms with Crippen LogP contribution in [0.3, 0.4) is 0 Å². The van der Waals surface area contributed by atoms with Crippen LogP contribution < -0.4 is 11.1 Å². The molecule has 0 rings (SSSR count). The molecule has 0 fully saturated rings. The molecule has 4 N–H and O–H groups in total. The number of carboxylic acids is 1. The summed E-state index contributed by atoms with van der Waals surface area (Å²) in [6, 6.07) is -0.827. The topological polar surface area (TPSA) is 92.4 Å². The SMILES string of the molecule is CC(=O)NC(CSC(C)CN)C(=O)O. The number of hydrogen-bond acceptors (Lipinski definition) is 4. The van der Waals surface area contributed by atoms with Gasteiger partial charge in [0.25, 0.3) is 0 Å². The fourth-order valence-corrected chi connectivity index (χ4v) is 1.63. The number of thioether (sulfide) groups is 1. The number of hydrogen-bond donors (Lipinski definition) is 3. The number of nitrogens with one attached hydrogen (secondary N) is 1. The minimum atomic E-state index is -1.02.